The second kappa shape index (κ2) is 8.42. The summed E-state index contributed by atoms with van der Waals surface area (Å²) >= 11 is 1.24. The fourth-order valence-electron chi connectivity index (χ4n) is 2.29. The molecule has 0 aliphatic carbocycles. The maximum absolute atomic E-state index is 12.5. The first-order chi connectivity index (χ1) is 11.0. The number of allylic oxidation sites excluding steroid dienone is 1. The molecular formula is C16H24N2O4S. The number of aromatic nitrogens is 1. The monoisotopic (exact) mass is 340 g/mol. The van der Waals surface area contributed by atoms with Crippen LogP contribution in [0, 0.1) is 6.92 Å². The van der Waals surface area contributed by atoms with Crippen molar-refractivity contribution in [2.45, 2.75) is 39.3 Å². The summed E-state index contributed by atoms with van der Waals surface area (Å²) in [5.74, 6) is -0.158. The molecule has 1 amide bonds. The van der Waals surface area contributed by atoms with Gasteiger partial charge in [0.2, 0.25) is 0 Å². The van der Waals surface area contributed by atoms with E-state index in [0.717, 1.165) is 6.42 Å². The third-order valence-corrected chi connectivity index (χ3v) is 4.69. The third-order valence-electron chi connectivity index (χ3n) is 3.57. The number of hydrogen-bond acceptors (Lipinski definition) is 6. The molecular weight excluding hydrogens is 316 g/mol. The molecule has 0 radical (unpaired) electrons. The highest BCUT2D eigenvalue weighted by molar-refractivity contribution is 7.15. The molecule has 2 atom stereocenters. The number of amides is 1. The lowest BCUT2D eigenvalue weighted by molar-refractivity contribution is -0.0457. The van der Waals surface area contributed by atoms with E-state index in [2.05, 4.69) is 10.3 Å². The molecule has 23 heavy (non-hydrogen) atoms. The van der Waals surface area contributed by atoms with E-state index in [1.807, 2.05) is 19.9 Å². The molecule has 128 valence electrons. The first-order valence-electron chi connectivity index (χ1n) is 7.66. The lowest BCUT2D eigenvalue weighted by atomic mass is 10.1. The van der Waals surface area contributed by atoms with Crippen LogP contribution in [-0.4, -0.2) is 50.0 Å². The Morgan fingerprint density at radius 3 is 2.96 bits per heavy atom. The number of hydrogen-bond donors (Lipinski definition) is 1. The molecule has 1 N–H and O–H groups in total. The van der Waals surface area contributed by atoms with Gasteiger partial charge in [-0.25, -0.2) is 4.98 Å². The molecule has 1 aromatic rings. The van der Waals surface area contributed by atoms with E-state index in [9.17, 15) is 4.79 Å². The van der Waals surface area contributed by atoms with Crippen molar-refractivity contribution in [1.29, 1.82) is 0 Å². The Labute approximate surface area is 140 Å². The molecule has 6 nitrogen and oxygen atoms in total. The third kappa shape index (κ3) is 5.02. The van der Waals surface area contributed by atoms with E-state index in [-0.39, 0.29) is 18.1 Å². The van der Waals surface area contributed by atoms with Crippen molar-refractivity contribution in [3.8, 4) is 5.19 Å². The zero-order chi connectivity index (χ0) is 16.8. The van der Waals surface area contributed by atoms with Gasteiger partial charge in [0.25, 0.3) is 11.1 Å². The van der Waals surface area contributed by atoms with Crippen LogP contribution in [0.25, 0.3) is 0 Å². The lowest BCUT2D eigenvalue weighted by Crippen LogP contribution is -2.50. The van der Waals surface area contributed by atoms with E-state index in [0.29, 0.717) is 35.6 Å². The maximum Gasteiger partial charge on any atom is 0.273 e. The summed E-state index contributed by atoms with van der Waals surface area (Å²) < 4.78 is 16.5. The van der Waals surface area contributed by atoms with Gasteiger partial charge in [-0.2, -0.15) is 0 Å². The Morgan fingerprint density at radius 1 is 1.52 bits per heavy atom. The highest BCUT2D eigenvalue weighted by Gasteiger charge is 2.29. The zero-order valence-electron chi connectivity index (χ0n) is 14.0. The molecule has 0 saturated carbocycles. The standard InChI is InChI=1S/C16H24N2O4S/c1-10(2)5-8-22-13-6-7-21-9-12(13)18-15(19)14-11(3)17-16(20-4)23-14/h5,12-13H,6-9H2,1-4H3,(H,18,19)/t12-,13+/m0/s1. The van der Waals surface area contributed by atoms with Gasteiger partial charge in [-0.1, -0.05) is 23.0 Å². The van der Waals surface area contributed by atoms with E-state index >= 15 is 0 Å². The minimum atomic E-state index is -0.158. The summed E-state index contributed by atoms with van der Waals surface area (Å²) in [5.41, 5.74) is 1.88. The lowest BCUT2D eigenvalue weighted by Gasteiger charge is -2.31. The van der Waals surface area contributed by atoms with Gasteiger partial charge in [-0.3, -0.25) is 4.79 Å². The minimum Gasteiger partial charge on any atom is -0.473 e. The topological polar surface area (TPSA) is 69.7 Å². The first-order valence-corrected chi connectivity index (χ1v) is 8.48. The smallest absolute Gasteiger partial charge is 0.273 e. The van der Waals surface area contributed by atoms with Crippen LogP contribution in [0.1, 0.15) is 35.6 Å². The number of thiazole rings is 1. The van der Waals surface area contributed by atoms with Crippen LogP contribution in [0.3, 0.4) is 0 Å². The van der Waals surface area contributed by atoms with Crippen molar-refractivity contribution in [1.82, 2.24) is 10.3 Å². The fraction of sp³-hybridized carbons (Fsp3) is 0.625. The van der Waals surface area contributed by atoms with Gasteiger partial charge < -0.3 is 19.5 Å². The number of rotatable bonds is 6. The van der Waals surface area contributed by atoms with Crippen molar-refractivity contribution in [2.75, 3.05) is 26.9 Å². The Balaban J connectivity index is 1.98. The van der Waals surface area contributed by atoms with Crippen molar-refractivity contribution in [3.63, 3.8) is 0 Å². The molecule has 7 heteroatoms. The molecule has 1 fully saturated rings. The molecule has 2 heterocycles. The zero-order valence-corrected chi connectivity index (χ0v) is 14.9. The number of methoxy groups -OCH3 is 1. The van der Waals surface area contributed by atoms with Crippen LogP contribution in [0.4, 0.5) is 0 Å². The predicted octanol–water partition coefficient (Wildman–Crippen LogP) is 2.33. The van der Waals surface area contributed by atoms with Crippen molar-refractivity contribution in [2.24, 2.45) is 0 Å². The van der Waals surface area contributed by atoms with Crippen LogP contribution in [-0.2, 0) is 9.47 Å². The Kier molecular flexibility index (Phi) is 6.56. The predicted molar refractivity (Wildman–Crippen MR) is 89.3 cm³/mol. The summed E-state index contributed by atoms with van der Waals surface area (Å²) in [7, 11) is 1.54. The molecule has 2 rings (SSSR count). The molecule has 0 aromatic carbocycles. The van der Waals surface area contributed by atoms with Gasteiger partial charge in [0.1, 0.15) is 4.88 Å². The van der Waals surface area contributed by atoms with E-state index < -0.39 is 0 Å². The van der Waals surface area contributed by atoms with Crippen LogP contribution in [0.15, 0.2) is 11.6 Å². The van der Waals surface area contributed by atoms with Crippen LogP contribution < -0.4 is 10.1 Å². The van der Waals surface area contributed by atoms with Crippen molar-refractivity contribution < 1.29 is 19.0 Å². The van der Waals surface area contributed by atoms with E-state index in [1.54, 1.807) is 14.0 Å². The average Bonchev–Trinajstić information content (AvgIpc) is 2.90. The number of aryl methyl sites for hydroxylation is 1. The number of nitrogens with zero attached hydrogens (tertiary/aromatic N) is 1. The number of nitrogens with one attached hydrogen (secondary N) is 1. The Hall–Kier alpha value is -1.44. The van der Waals surface area contributed by atoms with Crippen LogP contribution in [0.2, 0.25) is 0 Å². The Morgan fingerprint density at radius 2 is 2.30 bits per heavy atom. The highest BCUT2D eigenvalue weighted by atomic mass is 32.1. The minimum absolute atomic E-state index is 0.0431. The highest BCUT2D eigenvalue weighted by Crippen LogP contribution is 2.24. The normalized spacial score (nSPS) is 20.9. The van der Waals surface area contributed by atoms with Crippen molar-refractivity contribution in [3.05, 3.63) is 22.2 Å². The van der Waals surface area contributed by atoms with Crippen LogP contribution in [0.5, 0.6) is 5.19 Å². The van der Waals surface area contributed by atoms with Gasteiger partial charge in [-0.05, 0) is 27.2 Å². The number of ether oxygens (including phenoxy) is 3. The molecule has 0 spiro atoms. The number of carbonyl (C=O) groups is 1. The molecule has 1 aliphatic rings. The largest absolute Gasteiger partial charge is 0.473 e. The fourth-order valence-corrected chi connectivity index (χ4v) is 3.08. The van der Waals surface area contributed by atoms with Gasteiger partial charge in [0, 0.05) is 6.61 Å². The second-order valence-electron chi connectivity index (χ2n) is 5.70. The van der Waals surface area contributed by atoms with Crippen LogP contribution >= 0.6 is 11.3 Å². The van der Waals surface area contributed by atoms with Gasteiger partial charge in [0.15, 0.2) is 0 Å². The quantitative estimate of drug-likeness (QED) is 0.805. The Bertz CT molecular complexity index is 566. The van der Waals surface area contributed by atoms with Crippen molar-refractivity contribution >= 4 is 17.2 Å². The summed E-state index contributed by atoms with van der Waals surface area (Å²) in [5, 5.41) is 3.50. The number of carbonyl (C=O) groups excluding carboxylic acids is 1. The molecule has 1 aromatic heterocycles. The summed E-state index contributed by atoms with van der Waals surface area (Å²) in [6, 6.07) is -0.158. The average molecular weight is 340 g/mol. The summed E-state index contributed by atoms with van der Waals surface area (Å²) in [6.45, 7) is 7.53. The van der Waals surface area contributed by atoms with Gasteiger partial charge in [-0.15, -0.1) is 0 Å². The second-order valence-corrected chi connectivity index (χ2v) is 6.66. The molecule has 1 aliphatic heterocycles. The SMILES string of the molecule is COc1nc(C)c(C(=O)N[C@H]2COCC[C@H]2OCC=C(C)C)s1. The van der Waals surface area contributed by atoms with E-state index in [4.69, 9.17) is 14.2 Å². The van der Waals surface area contributed by atoms with E-state index in [1.165, 1.54) is 16.9 Å². The first kappa shape index (κ1) is 17.9. The summed E-state index contributed by atoms with van der Waals surface area (Å²) in [4.78, 5) is 17.2. The maximum atomic E-state index is 12.5. The molecule has 0 bridgehead atoms. The van der Waals surface area contributed by atoms with Gasteiger partial charge >= 0.3 is 0 Å². The van der Waals surface area contributed by atoms with Gasteiger partial charge in [0.05, 0.1) is 38.2 Å². The molecule has 1 saturated heterocycles. The molecule has 0 unspecified atom stereocenters. The summed E-state index contributed by atoms with van der Waals surface area (Å²) in [6.07, 6.45) is 2.76.